The van der Waals surface area contributed by atoms with Gasteiger partial charge in [0.1, 0.15) is 6.04 Å². The topological polar surface area (TPSA) is 120 Å². The van der Waals surface area contributed by atoms with E-state index in [9.17, 15) is 19.1 Å². The highest BCUT2D eigenvalue weighted by atomic mass is 32.1. The Morgan fingerprint density at radius 1 is 1.28 bits per heavy atom. The maximum Gasteiger partial charge on any atom is 0.338 e. The SMILES string of the molecule is CCOC(=O)C1=C(CN2CC(F)(F)C3C2CCN3CCC(C)(C)C(=O)O)NC(c2nccs2)=N[C@@H]1c1ccc(F)nc1C. The van der Waals surface area contributed by atoms with E-state index in [4.69, 9.17) is 9.73 Å². The Morgan fingerprint density at radius 2 is 2.05 bits per heavy atom. The molecule has 0 spiro atoms. The Labute approximate surface area is 251 Å². The fourth-order valence-corrected chi connectivity index (χ4v) is 6.67. The number of pyridine rings is 1. The molecule has 2 unspecified atom stereocenters. The lowest BCUT2D eigenvalue weighted by atomic mass is 9.89. The van der Waals surface area contributed by atoms with Crippen molar-refractivity contribution >= 4 is 29.1 Å². The summed E-state index contributed by atoms with van der Waals surface area (Å²) in [5.74, 6) is -5.00. The minimum absolute atomic E-state index is 0.0199. The fourth-order valence-electron chi connectivity index (χ4n) is 6.08. The van der Waals surface area contributed by atoms with Crippen molar-refractivity contribution in [2.24, 2.45) is 10.4 Å². The van der Waals surface area contributed by atoms with Gasteiger partial charge in [-0.15, -0.1) is 11.3 Å². The Morgan fingerprint density at radius 3 is 2.70 bits per heavy atom. The molecule has 0 aromatic carbocycles. The molecule has 0 bridgehead atoms. The van der Waals surface area contributed by atoms with Crippen LogP contribution in [-0.4, -0.2) is 93.4 Å². The number of aromatic nitrogens is 2. The summed E-state index contributed by atoms with van der Waals surface area (Å²) in [7, 11) is 0. The highest BCUT2D eigenvalue weighted by Crippen LogP contribution is 2.43. The van der Waals surface area contributed by atoms with Gasteiger partial charge >= 0.3 is 11.9 Å². The Hall–Kier alpha value is -3.36. The van der Waals surface area contributed by atoms with E-state index in [1.165, 1.54) is 23.5 Å². The number of rotatable bonds is 10. The van der Waals surface area contributed by atoms with Crippen molar-refractivity contribution in [3.63, 3.8) is 0 Å². The van der Waals surface area contributed by atoms with Crippen LogP contribution in [-0.2, 0) is 14.3 Å². The molecule has 0 aliphatic carbocycles. The molecule has 2 aromatic rings. The lowest BCUT2D eigenvalue weighted by molar-refractivity contribution is -0.147. The van der Waals surface area contributed by atoms with Gasteiger partial charge < -0.3 is 15.2 Å². The second-order valence-electron chi connectivity index (χ2n) is 11.7. The molecule has 0 amide bonds. The lowest BCUT2D eigenvalue weighted by Gasteiger charge is -2.31. The first-order valence-electron chi connectivity index (χ1n) is 14.2. The average Bonchev–Trinajstić information content (AvgIpc) is 3.66. The number of carbonyl (C=O) groups excluding carboxylic acids is 1. The first-order chi connectivity index (χ1) is 20.3. The van der Waals surface area contributed by atoms with E-state index in [0.29, 0.717) is 40.8 Å². The number of nitrogens with one attached hydrogen (secondary N) is 1. The number of hydrogen-bond acceptors (Lipinski definition) is 10. The molecule has 2 saturated heterocycles. The molecule has 232 valence electrons. The van der Waals surface area contributed by atoms with Gasteiger partial charge in [-0.25, -0.2) is 23.5 Å². The van der Waals surface area contributed by atoms with Crippen molar-refractivity contribution in [2.45, 2.75) is 64.6 Å². The molecular weight excluding hydrogens is 585 g/mol. The van der Waals surface area contributed by atoms with E-state index in [2.05, 4.69) is 15.3 Å². The molecule has 5 rings (SSSR count). The van der Waals surface area contributed by atoms with Gasteiger partial charge in [0, 0.05) is 47.7 Å². The normalized spacial score (nSPS) is 24.1. The van der Waals surface area contributed by atoms with Crippen LogP contribution < -0.4 is 5.32 Å². The summed E-state index contributed by atoms with van der Waals surface area (Å²) >= 11 is 1.32. The summed E-state index contributed by atoms with van der Waals surface area (Å²) in [5.41, 5.74) is 0.275. The van der Waals surface area contributed by atoms with Crippen LogP contribution in [0, 0.1) is 18.3 Å². The number of carbonyl (C=O) groups is 2. The van der Waals surface area contributed by atoms with Crippen molar-refractivity contribution in [1.29, 1.82) is 0 Å². The Bertz CT molecular complexity index is 1450. The van der Waals surface area contributed by atoms with Gasteiger partial charge in [0.15, 0.2) is 10.8 Å². The number of ether oxygens (including phenoxy) is 1. The third-order valence-corrected chi connectivity index (χ3v) is 9.17. The zero-order valence-electron chi connectivity index (χ0n) is 24.4. The van der Waals surface area contributed by atoms with E-state index in [0.717, 1.165) is 0 Å². The zero-order chi connectivity index (χ0) is 31.1. The summed E-state index contributed by atoms with van der Waals surface area (Å²) in [6.45, 7) is 6.64. The lowest BCUT2D eigenvalue weighted by Crippen LogP contribution is -2.46. The number of aliphatic carboxylic acids is 1. The summed E-state index contributed by atoms with van der Waals surface area (Å²) in [6.07, 6.45) is 2.31. The van der Waals surface area contributed by atoms with Crippen molar-refractivity contribution in [2.75, 3.05) is 32.8 Å². The number of nitrogens with zero attached hydrogens (tertiary/aromatic N) is 5. The number of esters is 1. The molecule has 0 radical (unpaired) electrons. The highest BCUT2D eigenvalue weighted by Gasteiger charge is 2.59. The van der Waals surface area contributed by atoms with Crippen LogP contribution in [0.3, 0.4) is 0 Å². The maximum absolute atomic E-state index is 15.6. The predicted octanol–water partition coefficient (Wildman–Crippen LogP) is 3.79. The molecule has 3 aliphatic rings. The van der Waals surface area contributed by atoms with Crippen LogP contribution in [0.2, 0.25) is 0 Å². The number of alkyl halides is 2. The highest BCUT2D eigenvalue weighted by molar-refractivity contribution is 7.11. The Balaban J connectivity index is 1.50. The molecule has 3 aliphatic heterocycles. The first kappa shape index (κ1) is 31.1. The number of fused-ring (bicyclic) bond motifs is 1. The summed E-state index contributed by atoms with van der Waals surface area (Å²) in [4.78, 5) is 41.5. The molecule has 14 heteroatoms. The molecule has 5 heterocycles. The number of thiazole rings is 1. The van der Waals surface area contributed by atoms with Crippen LogP contribution >= 0.6 is 11.3 Å². The number of carboxylic acid groups (broad SMARTS) is 1. The van der Waals surface area contributed by atoms with Gasteiger partial charge in [-0.05, 0) is 53.1 Å². The van der Waals surface area contributed by atoms with E-state index >= 15 is 8.78 Å². The zero-order valence-corrected chi connectivity index (χ0v) is 25.3. The number of amidine groups is 1. The van der Waals surface area contributed by atoms with Gasteiger partial charge in [-0.2, -0.15) is 4.39 Å². The monoisotopic (exact) mass is 620 g/mol. The third kappa shape index (κ3) is 6.18. The number of likely N-dealkylation sites (tertiary alicyclic amines) is 2. The number of halogens is 3. The molecule has 10 nitrogen and oxygen atoms in total. The van der Waals surface area contributed by atoms with Crippen molar-refractivity contribution in [1.82, 2.24) is 25.1 Å². The van der Waals surface area contributed by atoms with Crippen LogP contribution in [0.5, 0.6) is 0 Å². The molecule has 2 aromatic heterocycles. The minimum atomic E-state index is -3.06. The van der Waals surface area contributed by atoms with E-state index in [-0.39, 0.29) is 31.7 Å². The van der Waals surface area contributed by atoms with Gasteiger partial charge in [0.25, 0.3) is 5.92 Å². The maximum atomic E-state index is 15.6. The van der Waals surface area contributed by atoms with E-state index in [1.807, 2.05) is 0 Å². The average molecular weight is 621 g/mol. The van der Waals surface area contributed by atoms with Crippen LogP contribution in [0.1, 0.15) is 55.9 Å². The number of aryl methyl sites for hydroxylation is 1. The van der Waals surface area contributed by atoms with Crippen LogP contribution in [0.4, 0.5) is 13.2 Å². The third-order valence-electron chi connectivity index (χ3n) is 8.39. The van der Waals surface area contributed by atoms with Crippen LogP contribution in [0.25, 0.3) is 0 Å². The molecular formula is C29H35F3N6O4S. The summed E-state index contributed by atoms with van der Waals surface area (Å²) < 4.78 is 50.6. The summed E-state index contributed by atoms with van der Waals surface area (Å²) in [5, 5.41) is 15.0. The molecule has 43 heavy (non-hydrogen) atoms. The van der Waals surface area contributed by atoms with Gasteiger partial charge in [-0.1, -0.05) is 6.07 Å². The predicted molar refractivity (Wildman–Crippen MR) is 153 cm³/mol. The van der Waals surface area contributed by atoms with Crippen molar-refractivity contribution in [3.8, 4) is 0 Å². The quantitative estimate of drug-likeness (QED) is 0.302. The van der Waals surface area contributed by atoms with Crippen LogP contribution in [0.15, 0.2) is 40.0 Å². The molecule has 0 saturated carbocycles. The van der Waals surface area contributed by atoms with Crippen molar-refractivity contribution < 1.29 is 32.6 Å². The second kappa shape index (κ2) is 12.0. The first-order valence-corrected chi connectivity index (χ1v) is 15.1. The Kier molecular flexibility index (Phi) is 8.65. The van der Waals surface area contributed by atoms with Gasteiger partial charge in [0.05, 0.1) is 30.2 Å². The van der Waals surface area contributed by atoms with Gasteiger partial charge in [-0.3, -0.25) is 19.6 Å². The molecule has 3 atom stereocenters. The summed E-state index contributed by atoms with van der Waals surface area (Å²) in [6, 6.07) is 0.172. The molecule has 2 N–H and O–H groups in total. The fraction of sp³-hybridized carbons (Fsp3) is 0.552. The second-order valence-corrected chi connectivity index (χ2v) is 12.6. The number of aliphatic imine (C=N–C) groups is 1. The van der Waals surface area contributed by atoms with Gasteiger partial charge in [0.2, 0.25) is 5.95 Å². The van der Waals surface area contributed by atoms with E-state index < -0.39 is 53.9 Å². The van der Waals surface area contributed by atoms with E-state index in [1.54, 1.807) is 49.1 Å². The number of hydrogen-bond donors (Lipinski definition) is 2. The smallest absolute Gasteiger partial charge is 0.338 e. The number of carboxylic acids is 1. The standard InChI is InChI=1S/C29H35F3N6O4S/c1-5-42-26(39)21-18(35-24(25-33-10-13-43-25)36-22(21)17-6-7-20(30)34-16(17)2)14-38-15-29(31,32)23-19(38)8-11-37(23)12-9-28(3,4)27(40)41/h6-7,10,13,19,22-23H,5,8-9,11-12,14-15H2,1-4H3,(H,35,36)(H,40,41)/t19?,22-,23?/m1/s1. The molecule has 2 fully saturated rings. The largest absolute Gasteiger partial charge is 0.481 e. The van der Waals surface area contributed by atoms with Crippen molar-refractivity contribution in [3.05, 3.63) is 57.2 Å². The minimum Gasteiger partial charge on any atom is -0.481 e.